The first-order valence-corrected chi connectivity index (χ1v) is 10.2. The van der Waals surface area contributed by atoms with E-state index in [0.29, 0.717) is 5.95 Å². The number of aromatic nitrogens is 4. The van der Waals surface area contributed by atoms with Crippen molar-refractivity contribution in [2.45, 2.75) is 38.9 Å². The molecule has 0 saturated carbocycles. The first kappa shape index (κ1) is 20.0. The van der Waals surface area contributed by atoms with Gasteiger partial charge in [-0.25, -0.2) is 9.97 Å². The quantitative estimate of drug-likeness (QED) is 0.656. The van der Waals surface area contributed by atoms with Gasteiger partial charge in [0.2, 0.25) is 11.9 Å². The third-order valence-corrected chi connectivity index (χ3v) is 5.45. The maximum Gasteiger partial charge on any atom is 0.224 e. The van der Waals surface area contributed by atoms with Gasteiger partial charge in [0, 0.05) is 49.4 Å². The highest BCUT2D eigenvalue weighted by atomic mass is 16.2. The summed E-state index contributed by atoms with van der Waals surface area (Å²) in [5, 5.41) is 11.0. The molecule has 0 saturated heterocycles. The summed E-state index contributed by atoms with van der Waals surface area (Å²) in [5.74, 6) is 0.632. The van der Waals surface area contributed by atoms with Crippen molar-refractivity contribution in [3.05, 3.63) is 54.6 Å². The zero-order chi connectivity index (χ0) is 21.1. The number of hydrogen-bond donors (Lipinski definition) is 2. The van der Waals surface area contributed by atoms with Crippen LogP contribution in [-0.2, 0) is 11.3 Å². The molecule has 2 atom stereocenters. The van der Waals surface area contributed by atoms with Crippen LogP contribution in [0, 0.1) is 0 Å². The first-order chi connectivity index (χ1) is 14.6. The number of nitrogens with one attached hydrogen (secondary N) is 2. The van der Waals surface area contributed by atoms with Gasteiger partial charge in [0.1, 0.15) is 0 Å². The number of hydrogen-bond acceptors (Lipinski definition) is 6. The van der Waals surface area contributed by atoms with E-state index in [-0.39, 0.29) is 18.0 Å². The van der Waals surface area contributed by atoms with Gasteiger partial charge >= 0.3 is 0 Å². The first-order valence-electron chi connectivity index (χ1n) is 10.2. The van der Waals surface area contributed by atoms with Crippen LogP contribution < -0.4 is 15.5 Å². The normalized spacial score (nSPS) is 18.2. The monoisotopic (exact) mass is 405 g/mol. The average Bonchev–Trinajstić information content (AvgIpc) is 3.21. The van der Waals surface area contributed by atoms with E-state index in [9.17, 15) is 4.79 Å². The van der Waals surface area contributed by atoms with Crippen LogP contribution in [0.15, 0.2) is 49.1 Å². The van der Waals surface area contributed by atoms with Crippen molar-refractivity contribution in [2.24, 2.45) is 0 Å². The fraction of sp³-hybridized carbons (Fsp3) is 0.364. The molecule has 8 nitrogen and oxygen atoms in total. The number of carbonyl (C=O) groups is 1. The fourth-order valence-corrected chi connectivity index (χ4v) is 4.05. The summed E-state index contributed by atoms with van der Waals surface area (Å²) in [6.45, 7) is 5.37. The number of likely N-dealkylation sites (N-methyl/N-ethyl adjacent to an activating group) is 1. The van der Waals surface area contributed by atoms with Gasteiger partial charge in [-0.1, -0.05) is 6.07 Å². The zero-order valence-electron chi connectivity index (χ0n) is 17.5. The van der Waals surface area contributed by atoms with Crippen molar-refractivity contribution in [1.29, 1.82) is 0 Å². The number of fused-ring (bicyclic) bond motifs is 1. The maximum atomic E-state index is 12.4. The maximum absolute atomic E-state index is 12.4. The molecule has 2 N–H and O–H groups in total. The minimum Gasteiger partial charge on any atom is -0.347 e. The molecular formula is C22H27N7O. The Hall–Kier alpha value is -3.26. The van der Waals surface area contributed by atoms with Crippen LogP contribution in [0.3, 0.4) is 0 Å². The molecule has 1 aliphatic rings. The smallest absolute Gasteiger partial charge is 0.224 e. The molecule has 0 radical (unpaired) electrons. The molecule has 2 unspecified atom stereocenters. The van der Waals surface area contributed by atoms with Crippen LogP contribution in [-0.4, -0.2) is 45.3 Å². The second-order valence-electron chi connectivity index (χ2n) is 7.61. The second kappa shape index (κ2) is 8.62. The van der Waals surface area contributed by atoms with Gasteiger partial charge in [-0.15, -0.1) is 0 Å². The fourth-order valence-electron chi connectivity index (χ4n) is 4.05. The Morgan fingerprint density at radius 2 is 2.03 bits per heavy atom. The Balaban J connectivity index is 1.71. The minimum atomic E-state index is 0.00675. The lowest BCUT2D eigenvalue weighted by atomic mass is 9.89. The largest absolute Gasteiger partial charge is 0.347 e. The third-order valence-electron chi connectivity index (χ3n) is 5.45. The molecule has 2 aromatic heterocycles. The van der Waals surface area contributed by atoms with Crippen LogP contribution in [0.2, 0.25) is 0 Å². The number of rotatable bonds is 6. The average molecular weight is 406 g/mol. The van der Waals surface area contributed by atoms with Crippen molar-refractivity contribution >= 4 is 17.5 Å². The summed E-state index contributed by atoms with van der Waals surface area (Å²) < 4.78 is 1.93. The Morgan fingerprint density at radius 1 is 1.23 bits per heavy atom. The van der Waals surface area contributed by atoms with E-state index in [1.54, 1.807) is 25.4 Å². The molecule has 3 aromatic rings. The summed E-state index contributed by atoms with van der Waals surface area (Å²) in [4.78, 5) is 22.9. The van der Waals surface area contributed by atoms with Gasteiger partial charge in [0.15, 0.2) is 0 Å². The Labute approximate surface area is 176 Å². The summed E-state index contributed by atoms with van der Waals surface area (Å²) >= 11 is 0. The van der Waals surface area contributed by atoms with Gasteiger partial charge < -0.3 is 15.5 Å². The molecule has 8 heteroatoms. The Kier molecular flexibility index (Phi) is 5.76. The van der Waals surface area contributed by atoms with Gasteiger partial charge in [-0.05, 0) is 49.7 Å². The lowest BCUT2D eigenvalue weighted by molar-refractivity contribution is -0.117. The van der Waals surface area contributed by atoms with Crippen molar-refractivity contribution in [3.8, 4) is 11.1 Å². The molecule has 1 aromatic carbocycles. The third kappa shape index (κ3) is 4.04. The molecule has 0 spiro atoms. The van der Waals surface area contributed by atoms with Gasteiger partial charge in [-0.3, -0.25) is 9.48 Å². The molecule has 0 aliphatic carbocycles. The van der Waals surface area contributed by atoms with Crippen LogP contribution in [0.5, 0.6) is 0 Å². The molecule has 0 fully saturated rings. The zero-order valence-corrected chi connectivity index (χ0v) is 17.5. The summed E-state index contributed by atoms with van der Waals surface area (Å²) in [5.41, 5.74) is 4.12. The predicted molar refractivity (Wildman–Crippen MR) is 117 cm³/mol. The molecule has 4 rings (SSSR count). The van der Waals surface area contributed by atoms with Crippen molar-refractivity contribution in [2.75, 3.05) is 23.8 Å². The molecule has 156 valence electrons. The van der Waals surface area contributed by atoms with Gasteiger partial charge in [0.25, 0.3) is 0 Å². The van der Waals surface area contributed by atoms with Crippen LogP contribution >= 0.6 is 0 Å². The molecule has 3 heterocycles. The number of benzene rings is 1. The topological polar surface area (TPSA) is 88.0 Å². The van der Waals surface area contributed by atoms with E-state index in [1.807, 2.05) is 28.9 Å². The van der Waals surface area contributed by atoms with Gasteiger partial charge in [0.05, 0.1) is 18.8 Å². The molecular weight excluding hydrogens is 378 g/mol. The highest BCUT2D eigenvalue weighted by Crippen LogP contribution is 2.40. The van der Waals surface area contributed by atoms with Crippen molar-refractivity contribution < 1.29 is 4.79 Å². The standard InChI is InChI=1S/C22H27N7O/c1-15-11-20(27-22-24-7-4-8-25-22)19-12-17(5-6-21(19)29(15)16(2)30)18-13-26-28(14-18)10-9-23-3/h4-8,12-15,20,23H,9-11H2,1-3H3,(H,24,25,27). The predicted octanol–water partition coefficient (Wildman–Crippen LogP) is 2.86. The summed E-state index contributed by atoms with van der Waals surface area (Å²) in [6.07, 6.45) is 8.15. The van der Waals surface area contributed by atoms with E-state index in [4.69, 9.17) is 0 Å². The molecule has 0 bridgehead atoms. The number of carbonyl (C=O) groups excluding carboxylic acids is 1. The van der Waals surface area contributed by atoms with Crippen molar-refractivity contribution in [1.82, 2.24) is 25.1 Å². The van der Waals surface area contributed by atoms with Crippen molar-refractivity contribution in [3.63, 3.8) is 0 Å². The SMILES string of the molecule is CNCCn1cc(-c2ccc3c(c2)C(Nc2ncccn2)CC(C)N3C(C)=O)cn1. The Bertz CT molecular complexity index is 1020. The number of anilines is 2. The highest BCUT2D eigenvalue weighted by Gasteiger charge is 2.33. The van der Waals surface area contributed by atoms with E-state index in [2.05, 4.69) is 51.0 Å². The van der Waals surface area contributed by atoms with E-state index < -0.39 is 0 Å². The lowest BCUT2D eigenvalue weighted by Gasteiger charge is -2.39. The number of amides is 1. The summed E-state index contributed by atoms with van der Waals surface area (Å²) in [6, 6.07) is 8.12. The second-order valence-corrected chi connectivity index (χ2v) is 7.61. The minimum absolute atomic E-state index is 0.00675. The van der Waals surface area contributed by atoms with Crippen LogP contribution in [0.25, 0.3) is 11.1 Å². The van der Waals surface area contributed by atoms with Crippen LogP contribution in [0.4, 0.5) is 11.6 Å². The molecule has 1 aliphatic heterocycles. The van der Waals surface area contributed by atoms with E-state index >= 15 is 0 Å². The Morgan fingerprint density at radius 3 is 2.77 bits per heavy atom. The lowest BCUT2D eigenvalue weighted by Crippen LogP contribution is -2.43. The van der Waals surface area contributed by atoms with E-state index in [0.717, 1.165) is 41.9 Å². The van der Waals surface area contributed by atoms with E-state index in [1.165, 1.54) is 0 Å². The van der Waals surface area contributed by atoms with Gasteiger partial charge in [-0.2, -0.15) is 5.10 Å². The molecule has 1 amide bonds. The molecule has 30 heavy (non-hydrogen) atoms. The summed E-state index contributed by atoms with van der Waals surface area (Å²) in [7, 11) is 1.93. The van der Waals surface area contributed by atoms with Crippen LogP contribution in [0.1, 0.15) is 31.9 Å². The highest BCUT2D eigenvalue weighted by molar-refractivity contribution is 5.94. The number of nitrogens with zero attached hydrogens (tertiary/aromatic N) is 5.